The standard InChI is InChI=1S/C18H31ClN4O2/c1-13(2)25-11-10-21-6-8-22(9-7-21)18(24)14(3)12-23-16(5)17(19)15(4)20-23/h13-14H,6-12H2,1-5H3. The molecule has 1 aromatic heterocycles. The van der Waals surface area contributed by atoms with Gasteiger partial charge in [0, 0.05) is 32.7 Å². The van der Waals surface area contributed by atoms with E-state index in [9.17, 15) is 4.79 Å². The summed E-state index contributed by atoms with van der Waals surface area (Å²) in [5.74, 6) is 0.0895. The minimum absolute atomic E-state index is 0.107. The van der Waals surface area contributed by atoms with E-state index in [2.05, 4.69) is 10.00 Å². The number of hydrogen-bond acceptors (Lipinski definition) is 4. The van der Waals surface area contributed by atoms with Crippen molar-refractivity contribution in [3.63, 3.8) is 0 Å². The Morgan fingerprint density at radius 2 is 1.84 bits per heavy atom. The summed E-state index contributed by atoms with van der Waals surface area (Å²) in [4.78, 5) is 17.1. The van der Waals surface area contributed by atoms with Gasteiger partial charge in [0.2, 0.25) is 5.91 Å². The molecule has 1 unspecified atom stereocenters. The Balaban J connectivity index is 1.80. The van der Waals surface area contributed by atoms with Crippen LogP contribution in [0.2, 0.25) is 5.02 Å². The summed E-state index contributed by atoms with van der Waals surface area (Å²) in [6.45, 7) is 15.5. The molecule has 0 bridgehead atoms. The minimum atomic E-state index is -0.107. The van der Waals surface area contributed by atoms with Crippen molar-refractivity contribution in [3.05, 3.63) is 16.4 Å². The van der Waals surface area contributed by atoms with Crippen molar-refractivity contribution in [1.29, 1.82) is 0 Å². The third kappa shape index (κ3) is 5.43. The van der Waals surface area contributed by atoms with Crippen LogP contribution in [0.3, 0.4) is 0 Å². The highest BCUT2D eigenvalue weighted by Gasteiger charge is 2.26. The van der Waals surface area contributed by atoms with Gasteiger partial charge < -0.3 is 9.64 Å². The highest BCUT2D eigenvalue weighted by Crippen LogP contribution is 2.20. The van der Waals surface area contributed by atoms with E-state index in [1.807, 2.05) is 44.2 Å². The van der Waals surface area contributed by atoms with Crippen LogP contribution in [0.5, 0.6) is 0 Å². The Hall–Kier alpha value is -1.11. The lowest BCUT2D eigenvalue weighted by Gasteiger charge is -2.36. The van der Waals surface area contributed by atoms with E-state index in [-0.39, 0.29) is 17.9 Å². The van der Waals surface area contributed by atoms with Crippen molar-refractivity contribution in [2.24, 2.45) is 5.92 Å². The minimum Gasteiger partial charge on any atom is -0.377 e. The zero-order valence-corrected chi connectivity index (χ0v) is 16.8. The lowest BCUT2D eigenvalue weighted by molar-refractivity contribution is -0.137. The Kier molecular flexibility index (Phi) is 7.28. The second kappa shape index (κ2) is 9.01. The Labute approximate surface area is 156 Å². The molecule has 1 atom stereocenters. The molecule has 1 aliphatic heterocycles. The van der Waals surface area contributed by atoms with Crippen molar-refractivity contribution in [2.75, 3.05) is 39.3 Å². The fourth-order valence-corrected chi connectivity index (χ4v) is 3.25. The van der Waals surface area contributed by atoms with Crippen LogP contribution >= 0.6 is 11.6 Å². The molecule has 0 spiro atoms. The highest BCUT2D eigenvalue weighted by atomic mass is 35.5. The van der Waals surface area contributed by atoms with Gasteiger partial charge in [-0.2, -0.15) is 5.10 Å². The maximum atomic E-state index is 12.7. The summed E-state index contributed by atoms with van der Waals surface area (Å²) in [7, 11) is 0. The first-order chi connectivity index (χ1) is 11.8. The molecule has 0 N–H and O–H groups in total. The molecule has 0 aromatic carbocycles. The molecule has 0 aliphatic carbocycles. The normalized spacial score (nSPS) is 17.3. The van der Waals surface area contributed by atoms with E-state index in [4.69, 9.17) is 16.3 Å². The average Bonchev–Trinajstić information content (AvgIpc) is 2.81. The number of nitrogens with zero attached hydrogens (tertiary/aromatic N) is 4. The van der Waals surface area contributed by atoms with E-state index in [1.165, 1.54) is 0 Å². The number of halogens is 1. The predicted octanol–water partition coefficient (Wildman–Crippen LogP) is 2.36. The molecule has 25 heavy (non-hydrogen) atoms. The quantitative estimate of drug-likeness (QED) is 0.739. The first-order valence-corrected chi connectivity index (χ1v) is 9.49. The van der Waals surface area contributed by atoms with Crippen LogP contribution in [0.4, 0.5) is 0 Å². The molecule has 1 aliphatic rings. The molecule has 1 saturated heterocycles. The third-order valence-corrected chi connectivity index (χ3v) is 5.25. The highest BCUT2D eigenvalue weighted by molar-refractivity contribution is 6.31. The van der Waals surface area contributed by atoms with Crippen LogP contribution in [-0.2, 0) is 16.1 Å². The summed E-state index contributed by atoms with van der Waals surface area (Å²) in [5, 5.41) is 5.12. The molecule has 1 fully saturated rings. The lowest BCUT2D eigenvalue weighted by Crippen LogP contribution is -2.51. The summed E-state index contributed by atoms with van der Waals surface area (Å²) >= 11 is 6.19. The average molecular weight is 371 g/mol. The van der Waals surface area contributed by atoms with Gasteiger partial charge in [0.05, 0.1) is 41.6 Å². The topological polar surface area (TPSA) is 50.6 Å². The summed E-state index contributed by atoms with van der Waals surface area (Å²) in [6, 6.07) is 0. The second-order valence-electron chi connectivity index (χ2n) is 7.15. The predicted molar refractivity (Wildman–Crippen MR) is 100.0 cm³/mol. The molecular weight excluding hydrogens is 340 g/mol. The first kappa shape index (κ1) is 20.2. The SMILES string of the molecule is Cc1nn(CC(C)C(=O)N2CCN(CCOC(C)C)CC2)c(C)c1Cl. The fraction of sp³-hybridized carbons (Fsp3) is 0.778. The molecule has 1 amide bonds. The van der Waals surface area contributed by atoms with Crippen molar-refractivity contribution in [3.8, 4) is 0 Å². The maximum absolute atomic E-state index is 12.7. The van der Waals surface area contributed by atoms with Gasteiger partial charge in [-0.3, -0.25) is 14.4 Å². The van der Waals surface area contributed by atoms with Gasteiger partial charge in [-0.05, 0) is 27.7 Å². The number of aromatic nitrogens is 2. The largest absolute Gasteiger partial charge is 0.377 e. The van der Waals surface area contributed by atoms with Crippen molar-refractivity contribution in [1.82, 2.24) is 19.6 Å². The Morgan fingerprint density at radius 1 is 1.20 bits per heavy atom. The molecule has 142 valence electrons. The van der Waals surface area contributed by atoms with Gasteiger partial charge in [-0.25, -0.2) is 0 Å². The number of ether oxygens (including phenoxy) is 1. The van der Waals surface area contributed by atoms with Crippen molar-refractivity contribution >= 4 is 17.5 Å². The maximum Gasteiger partial charge on any atom is 0.227 e. The molecular formula is C18H31ClN4O2. The number of rotatable bonds is 7. The summed E-state index contributed by atoms with van der Waals surface area (Å²) < 4.78 is 7.45. The number of carbonyl (C=O) groups is 1. The van der Waals surface area contributed by atoms with Gasteiger partial charge in [0.15, 0.2) is 0 Å². The fourth-order valence-electron chi connectivity index (χ4n) is 3.11. The number of aryl methyl sites for hydroxylation is 1. The van der Waals surface area contributed by atoms with Gasteiger partial charge in [-0.1, -0.05) is 18.5 Å². The third-order valence-electron chi connectivity index (χ3n) is 4.70. The Bertz CT molecular complexity index is 580. The molecule has 1 aromatic rings. The van der Waals surface area contributed by atoms with E-state index in [0.29, 0.717) is 11.6 Å². The number of amides is 1. The van der Waals surface area contributed by atoms with Gasteiger partial charge >= 0.3 is 0 Å². The van der Waals surface area contributed by atoms with Crippen LogP contribution < -0.4 is 0 Å². The summed E-state index contributed by atoms with van der Waals surface area (Å²) in [6.07, 6.45) is 0.270. The number of hydrogen-bond donors (Lipinski definition) is 0. The number of carbonyl (C=O) groups excluding carboxylic acids is 1. The molecule has 2 rings (SSSR count). The smallest absolute Gasteiger partial charge is 0.227 e. The van der Waals surface area contributed by atoms with Crippen molar-refractivity contribution < 1.29 is 9.53 Å². The Morgan fingerprint density at radius 3 is 2.36 bits per heavy atom. The van der Waals surface area contributed by atoms with E-state index >= 15 is 0 Å². The van der Waals surface area contributed by atoms with Crippen molar-refractivity contribution in [2.45, 2.75) is 47.3 Å². The first-order valence-electron chi connectivity index (χ1n) is 9.11. The van der Waals surface area contributed by atoms with Crippen LogP contribution in [0.25, 0.3) is 0 Å². The molecule has 6 nitrogen and oxygen atoms in total. The molecule has 7 heteroatoms. The van der Waals surface area contributed by atoms with Crippen LogP contribution in [0, 0.1) is 19.8 Å². The molecule has 0 saturated carbocycles. The van der Waals surface area contributed by atoms with Gasteiger partial charge in [0.1, 0.15) is 0 Å². The summed E-state index contributed by atoms with van der Waals surface area (Å²) in [5.41, 5.74) is 1.74. The number of piperazine rings is 1. The van der Waals surface area contributed by atoms with E-state index in [0.717, 1.165) is 50.7 Å². The van der Waals surface area contributed by atoms with Gasteiger partial charge in [-0.15, -0.1) is 0 Å². The monoisotopic (exact) mass is 370 g/mol. The van der Waals surface area contributed by atoms with Crippen LogP contribution in [0.1, 0.15) is 32.2 Å². The van der Waals surface area contributed by atoms with Gasteiger partial charge in [0.25, 0.3) is 0 Å². The molecule has 0 radical (unpaired) electrons. The second-order valence-corrected chi connectivity index (χ2v) is 7.53. The lowest BCUT2D eigenvalue weighted by atomic mass is 10.1. The van der Waals surface area contributed by atoms with E-state index in [1.54, 1.807) is 0 Å². The van der Waals surface area contributed by atoms with Crippen LogP contribution in [-0.4, -0.2) is 70.9 Å². The molecule has 2 heterocycles. The van der Waals surface area contributed by atoms with Crippen LogP contribution in [0.15, 0.2) is 0 Å². The van der Waals surface area contributed by atoms with E-state index < -0.39 is 0 Å². The zero-order valence-electron chi connectivity index (χ0n) is 16.1. The zero-order chi connectivity index (χ0) is 18.6.